The highest BCUT2D eigenvalue weighted by Crippen LogP contribution is 2.44. The van der Waals surface area contributed by atoms with Crippen molar-refractivity contribution in [3.63, 3.8) is 0 Å². The Kier molecular flexibility index (Phi) is 4.13. The lowest BCUT2D eigenvalue weighted by atomic mass is 9.89. The molecule has 2 aliphatic heterocycles. The van der Waals surface area contributed by atoms with E-state index in [1.54, 1.807) is 12.3 Å². The van der Waals surface area contributed by atoms with Gasteiger partial charge in [0.1, 0.15) is 5.82 Å². The number of hydrogen-bond acceptors (Lipinski definition) is 4. The fourth-order valence-electron chi connectivity index (χ4n) is 4.68. The number of nitrogens with zero attached hydrogens (tertiary/aromatic N) is 4. The van der Waals surface area contributed by atoms with Crippen molar-refractivity contribution < 1.29 is 9.18 Å². The summed E-state index contributed by atoms with van der Waals surface area (Å²) >= 11 is 0. The van der Waals surface area contributed by atoms with Crippen LogP contribution < -0.4 is 4.90 Å². The van der Waals surface area contributed by atoms with Gasteiger partial charge in [-0.1, -0.05) is 0 Å². The third kappa shape index (κ3) is 2.93. The maximum absolute atomic E-state index is 13.3. The number of fused-ring (bicyclic) bond motifs is 1. The largest absolute Gasteiger partial charge is 0.363 e. The van der Waals surface area contributed by atoms with E-state index >= 15 is 0 Å². The lowest BCUT2D eigenvalue weighted by molar-refractivity contribution is 0.0667. The van der Waals surface area contributed by atoms with Gasteiger partial charge in [-0.2, -0.15) is 10.2 Å². The summed E-state index contributed by atoms with van der Waals surface area (Å²) in [5.41, 5.74) is 1.62. The van der Waals surface area contributed by atoms with Gasteiger partial charge in [-0.25, -0.2) is 4.39 Å². The van der Waals surface area contributed by atoms with Crippen LogP contribution in [0.2, 0.25) is 0 Å². The summed E-state index contributed by atoms with van der Waals surface area (Å²) in [7, 11) is 0. The quantitative estimate of drug-likeness (QED) is 0.831. The van der Waals surface area contributed by atoms with Crippen LogP contribution in [0.15, 0.2) is 42.7 Å². The van der Waals surface area contributed by atoms with Gasteiger partial charge in [0.15, 0.2) is 0 Å². The van der Waals surface area contributed by atoms with E-state index in [9.17, 15) is 9.18 Å². The van der Waals surface area contributed by atoms with Crippen molar-refractivity contribution in [3.8, 4) is 0 Å². The molecule has 6 heteroatoms. The van der Waals surface area contributed by atoms with Gasteiger partial charge in [0.2, 0.25) is 0 Å². The SMILES string of the molecule is CC1(C)C[C@@H]2CN(C(=O)c3ccnnc3)CC[C@@H]2N1c1ccc(F)cc1. The predicted octanol–water partition coefficient (Wildman–Crippen LogP) is 3.14. The number of rotatable bonds is 2. The second-order valence-electron chi connectivity index (χ2n) is 7.86. The molecule has 2 saturated heterocycles. The van der Waals surface area contributed by atoms with Crippen LogP contribution in [-0.4, -0.2) is 45.7 Å². The lowest BCUT2D eigenvalue weighted by Crippen LogP contribution is -2.50. The molecule has 4 rings (SSSR count). The van der Waals surface area contributed by atoms with Gasteiger partial charge in [0.25, 0.3) is 5.91 Å². The van der Waals surface area contributed by atoms with Crippen LogP contribution in [0, 0.1) is 11.7 Å². The zero-order valence-corrected chi connectivity index (χ0v) is 15.1. The number of hydrogen-bond donors (Lipinski definition) is 0. The first-order valence-corrected chi connectivity index (χ1v) is 9.06. The maximum atomic E-state index is 13.3. The molecule has 0 radical (unpaired) electrons. The van der Waals surface area contributed by atoms with Gasteiger partial charge in [-0.15, -0.1) is 0 Å². The van der Waals surface area contributed by atoms with Gasteiger partial charge >= 0.3 is 0 Å². The number of piperidine rings is 1. The fourth-order valence-corrected chi connectivity index (χ4v) is 4.68. The number of benzene rings is 1. The van der Waals surface area contributed by atoms with Gasteiger partial charge < -0.3 is 9.80 Å². The first-order valence-electron chi connectivity index (χ1n) is 9.06. The van der Waals surface area contributed by atoms with E-state index in [2.05, 4.69) is 28.9 Å². The van der Waals surface area contributed by atoms with E-state index in [1.807, 2.05) is 17.0 Å². The molecule has 2 atom stereocenters. The molecule has 1 amide bonds. The summed E-state index contributed by atoms with van der Waals surface area (Å²) in [5.74, 6) is 0.215. The Morgan fingerprint density at radius 2 is 1.96 bits per heavy atom. The summed E-state index contributed by atoms with van der Waals surface area (Å²) < 4.78 is 13.3. The molecular formula is C20H23FN4O. The third-order valence-electron chi connectivity index (χ3n) is 5.66. The Bertz CT molecular complexity index is 793. The molecule has 0 unspecified atom stereocenters. The minimum atomic E-state index is -0.214. The Labute approximate surface area is 152 Å². The molecule has 136 valence electrons. The van der Waals surface area contributed by atoms with E-state index in [4.69, 9.17) is 0 Å². The zero-order chi connectivity index (χ0) is 18.3. The summed E-state index contributed by atoms with van der Waals surface area (Å²) in [6, 6.07) is 8.85. The van der Waals surface area contributed by atoms with Crippen molar-refractivity contribution in [2.45, 2.75) is 38.3 Å². The molecular weight excluding hydrogens is 331 g/mol. The van der Waals surface area contributed by atoms with Crippen molar-refractivity contribution >= 4 is 11.6 Å². The van der Waals surface area contributed by atoms with E-state index in [0.29, 0.717) is 17.5 Å². The molecule has 0 spiro atoms. The number of likely N-dealkylation sites (tertiary alicyclic amines) is 1. The third-order valence-corrected chi connectivity index (χ3v) is 5.66. The molecule has 0 N–H and O–H groups in total. The Hall–Kier alpha value is -2.50. The Balaban J connectivity index is 1.55. The fraction of sp³-hybridized carbons (Fsp3) is 0.450. The van der Waals surface area contributed by atoms with Crippen molar-refractivity contribution in [1.82, 2.24) is 15.1 Å². The average Bonchev–Trinajstić information content (AvgIpc) is 2.91. The number of amides is 1. The zero-order valence-electron chi connectivity index (χ0n) is 15.1. The second kappa shape index (κ2) is 6.34. The minimum absolute atomic E-state index is 0.0234. The normalized spacial score (nSPS) is 24.4. The monoisotopic (exact) mass is 354 g/mol. The molecule has 5 nitrogen and oxygen atoms in total. The summed E-state index contributed by atoms with van der Waals surface area (Å²) in [6.45, 7) is 5.92. The lowest BCUT2D eigenvalue weighted by Gasteiger charge is -2.41. The second-order valence-corrected chi connectivity index (χ2v) is 7.86. The highest BCUT2D eigenvalue weighted by molar-refractivity contribution is 5.93. The van der Waals surface area contributed by atoms with Gasteiger partial charge in [-0.3, -0.25) is 4.79 Å². The smallest absolute Gasteiger partial charge is 0.255 e. The summed E-state index contributed by atoms with van der Waals surface area (Å²) in [6.07, 6.45) is 5.00. The average molecular weight is 354 g/mol. The van der Waals surface area contributed by atoms with Gasteiger partial charge in [0, 0.05) is 30.4 Å². The highest BCUT2D eigenvalue weighted by Gasteiger charge is 2.48. The number of anilines is 1. The molecule has 2 aromatic rings. The summed E-state index contributed by atoms with van der Waals surface area (Å²) in [4.78, 5) is 17.1. The molecule has 1 aromatic carbocycles. The van der Waals surface area contributed by atoms with Crippen LogP contribution in [-0.2, 0) is 0 Å². The van der Waals surface area contributed by atoms with Crippen LogP contribution in [0.5, 0.6) is 0 Å². The highest BCUT2D eigenvalue weighted by atomic mass is 19.1. The molecule has 1 aromatic heterocycles. The molecule has 3 heterocycles. The number of aromatic nitrogens is 2. The number of carbonyl (C=O) groups is 1. The molecule has 2 fully saturated rings. The molecule has 0 aliphatic carbocycles. The van der Waals surface area contributed by atoms with Gasteiger partial charge in [-0.05, 0) is 62.9 Å². The number of carbonyl (C=O) groups excluding carboxylic acids is 1. The topological polar surface area (TPSA) is 49.3 Å². The summed E-state index contributed by atoms with van der Waals surface area (Å²) in [5, 5.41) is 7.55. The van der Waals surface area contributed by atoms with Crippen molar-refractivity contribution in [1.29, 1.82) is 0 Å². The van der Waals surface area contributed by atoms with E-state index in [1.165, 1.54) is 18.3 Å². The molecule has 0 saturated carbocycles. The molecule has 0 bridgehead atoms. The van der Waals surface area contributed by atoms with Crippen LogP contribution in [0.1, 0.15) is 37.0 Å². The maximum Gasteiger partial charge on any atom is 0.255 e. The number of halogens is 1. The Morgan fingerprint density at radius 3 is 2.65 bits per heavy atom. The predicted molar refractivity (Wildman–Crippen MR) is 97.4 cm³/mol. The minimum Gasteiger partial charge on any atom is -0.363 e. The van der Waals surface area contributed by atoms with Crippen LogP contribution >= 0.6 is 0 Å². The van der Waals surface area contributed by atoms with Crippen LogP contribution in [0.25, 0.3) is 0 Å². The van der Waals surface area contributed by atoms with Crippen LogP contribution in [0.3, 0.4) is 0 Å². The van der Waals surface area contributed by atoms with Crippen LogP contribution in [0.4, 0.5) is 10.1 Å². The molecule has 2 aliphatic rings. The van der Waals surface area contributed by atoms with E-state index < -0.39 is 0 Å². The molecule has 26 heavy (non-hydrogen) atoms. The Morgan fingerprint density at radius 1 is 1.19 bits per heavy atom. The standard InChI is InChI=1S/C20H23FN4O/c1-20(2)11-15-13-24(19(26)14-7-9-22-23-12-14)10-8-18(15)25(20)17-5-3-16(21)4-6-17/h3-7,9,12,15,18H,8,10-11,13H2,1-2H3/t15-,18+/m1/s1. The first kappa shape index (κ1) is 16.9. The van der Waals surface area contributed by atoms with Gasteiger partial charge in [0.05, 0.1) is 18.0 Å². The van der Waals surface area contributed by atoms with E-state index in [-0.39, 0.29) is 17.3 Å². The van der Waals surface area contributed by atoms with E-state index in [0.717, 1.165) is 31.6 Å². The van der Waals surface area contributed by atoms with Crippen molar-refractivity contribution in [2.24, 2.45) is 5.92 Å². The first-order chi connectivity index (χ1) is 12.5. The van der Waals surface area contributed by atoms with Crippen molar-refractivity contribution in [3.05, 3.63) is 54.1 Å². The van der Waals surface area contributed by atoms with Crippen molar-refractivity contribution in [2.75, 3.05) is 18.0 Å².